The first-order valence-electron chi connectivity index (χ1n) is 8.90. The molecule has 1 N–H and O–H groups in total. The highest BCUT2D eigenvalue weighted by Crippen LogP contribution is 2.29. The van der Waals surface area contributed by atoms with E-state index in [4.69, 9.17) is 14.2 Å². The second-order valence-electron chi connectivity index (χ2n) is 6.71. The number of carbonyl (C=O) groups excluding carboxylic acids is 3. The zero-order chi connectivity index (χ0) is 21.0. The van der Waals surface area contributed by atoms with Gasteiger partial charge in [0.05, 0.1) is 24.5 Å². The molecule has 1 aromatic heterocycles. The number of Topliss-reactive ketones (excluding diaryl/α,β-unsaturated/α-hetero) is 2. The van der Waals surface area contributed by atoms with E-state index in [9.17, 15) is 14.4 Å². The topological polar surface area (TPSA) is 94.7 Å². The van der Waals surface area contributed by atoms with Gasteiger partial charge in [-0.25, -0.2) is 4.79 Å². The second-order valence-corrected chi connectivity index (χ2v) is 6.71. The van der Waals surface area contributed by atoms with E-state index in [0.717, 1.165) is 0 Å². The fraction of sp³-hybridized carbons (Fsp3) is 0.381. The number of H-pyrrole nitrogens is 1. The Morgan fingerprint density at radius 1 is 1.11 bits per heavy atom. The van der Waals surface area contributed by atoms with Crippen LogP contribution in [0.1, 0.15) is 63.2 Å². The van der Waals surface area contributed by atoms with Crippen molar-refractivity contribution < 1.29 is 28.6 Å². The number of aromatic amines is 1. The Morgan fingerprint density at radius 2 is 1.79 bits per heavy atom. The summed E-state index contributed by atoms with van der Waals surface area (Å²) in [4.78, 5) is 39.3. The maximum absolute atomic E-state index is 12.4. The minimum atomic E-state index is -0.657. The Kier molecular flexibility index (Phi) is 6.62. The summed E-state index contributed by atoms with van der Waals surface area (Å²) in [6.07, 6.45) is -0.0447. The van der Waals surface area contributed by atoms with Crippen LogP contribution < -0.4 is 9.47 Å². The number of aryl methyl sites for hydroxylation is 1. The number of methoxy groups -OCH3 is 1. The van der Waals surface area contributed by atoms with Gasteiger partial charge in [0.2, 0.25) is 5.78 Å². The molecule has 2 aromatic rings. The number of ketones is 2. The van der Waals surface area contributed by atoms with E-state index in [2.05, 4.69) is 4.98 Å². The van der Waals surface area contributed by atoms with Gasteiger partial charge in [-0.1, -0.05) is 0 Å². The summed E-state index contributed by atoms with van der Waals surface area (Å²) in [6.45, 7) is 8.18. The minimum absolute atomic E-state index is 0.0447. The molecule has 7 heteroatoms. The first kappa shape index (κ1) is 21.2. The summed E-state index contributed by atoms with van der Waals surface area (Å²) in [5.41, 5.74) is 2.17. The lowest BCUT2D eigenvalue weighted by Gasteiger charge is -2.14. The summed E-state index contributed by atoms with van der Waals surface area (Å²) in [5.74, 6) is -0.280. The maximum atomic E-state index is 12.4. The largest absolute Gasteiger partial charge is 0.493 e. The Hall–Kier alpha value is -3.09. The molecular formula is C21H25NO6. The zero-order valence-electron chi connectivity index (χ0n) is 17.0. The fourth-order valence-electron chi connectivity index (χ4n) is 2.99. The Morgan fingerprint density at radius 3 is 2.32 bits per heavy atom. The Bertz CT molecular complexity index is 910. The molecule has 0 radical (unpaired) electrons. The number of nitrogens with one attached hydrogen (secondary N) is 1. The molecule has 0 aliphatic carbocycles. The third kappa shape index (κ3) is 4.60. The van der Waals surface area contributed by atoms with Gasteiger partial charge in [-0.05, 0) is 58.4 Å². The maximum Gasteiger partial charge on any atom is 0.338 e. The summed E-state index contributed by atoms with van der Waals surface area (Å²) in [5, 5.41) is 0. The van der Waals surface area contributed by atoms with Crippen molar-refractivity contribution in [2.75, 3.05) is 13.7 Å². The molecule has 0 bridgehead atoms. The summed E-state index contributed by atoms with van der Waals surface area (Å²) in [7, 11) is 1.48. The molecule has 28 heavy (non-hydrogen) atoms. The highest BCUT2D eigenvalue weighted by atomic mass is 16.5. The lowest BCUT2D eigenvalue weighted by atomic mass is 10.1. The molecule has 0 aliphatic heterocycles. The normalized spacial score (nSPS) is 10.7. The van der Waals surface area contributed by atoms with E-state index in [1.165, 1.54) is 20.1 Å². The van der Waals surface area contributed by atoms with E-state index in [1.54, 1.807) is 26.0 Å². The number of rotatable bonds is 8. The summed E-state index contributed by atoms with van der Waals surface area (Å²) < 4.78 is 16.0. The molecule has 7 nitrogen and oxygen atoms in total. The number of ether oxygens (including phenoxy) is 3. The van der Waals surface area contributed by atoms with Gasteiger partial charge in [0.1, 0.15) is 0 Å². The predicted octanol–water partition coefficient (Wildman–Crippen LogP) is 3.67. The third-order valence-electron chi connectivity index (χ3n) is 4.16. The quantitative estimate of drug-likeness (QED) is 0.549. The summed E-state index contributed by atoms with van der Waals surface area (Å²) >= 11 is 0. The molecule has 150 valence electrons. The van der Waals surface area contributed by atoms with Crippen molar-refractivity contribution in [3.8, 4) is 11.5 Å². The van der Waals surface area contributed by atoms with Crippen LogP contribution >= 0.6 is 0 Å². The van der Waals surface area contributed by atoms with Crippen molar-refractivity contribution in [1.29, 1.82) is 0 Å². The molecule has 0 saturated carbocycles. The number of carbonyl (C=O) groups is 3. The zero-order valence-corrected chi connectivity index (χ0v) is 17.0. The van der Waals surface area contributed by atoms with Crippen LogP contribution in [0.2, 0.25) is 0 Å². The monoisotopic (exact) mass is 387 g/mol. The molecule has 2 rings (SSSR count). The predicted molar refractivity (Wildman–Crippen MR) is 104 cm³/mol. The molecule has 0 atom stereocenters. The molecule has 1 heterocycles. The van der Waals surface area contributed by atoms with E-state index >= 15 is 0 Å². The van der Waals surface area contributed by atoms with Gasteiger partial charge in [0, 0.05) is 11.3 Å². The van der Waals surface area contributed by atoms with Crippen LogP contribution in [-0.4, -0.2) is 42.3 Å². The molecule has 0 unspecified atom stereocenters. The van der Waals surface area contributed by atoms with Gasteiger partial charge in [-0.2, -0.15) is 0 Å². The Labute approximate surface area is 164 Å². The molecule has 0 saturated heterocycles. The SMILES string of the molecule is COc1cc(C(=O)OCC(=O)c2[nH]c(C)c(C(C)=O)c2C)ccc1OC(C)C. The van der Waals surface area contributed by atoms with E-state index in [1.807, 2.05) is 13.8 Å². The molecule has 1 aromatic carbocycles. The van der Waals surface area contributed by atoms with E-state index < -0.39 is 18.4 Å². The Balaban J connectivity index is 2.11. The van der Waals surface area contributed by atoms with Gasteiger partial charge in [-0.3, -0.25) is 9.59 Å². The van der Waals surface area contributed by atoms with Crippen molar-refractivity contribution in [2.45, 2.75) is 40.7 Å². The van der Waals surface area contributed by atoms with Crippen LogP contribution in [0.5, 0.6) is 11.5 Å². The van der Waals surface area contributed by atoms with Crippen molar-refractivity contribution in [3.05, 3.63) is 46.3 Å². The van der Waals surface area contributed by atoms with Crippen LogP contribution in [0, 0.1) is 13.8 Å². The van der Waals surface area contributed by atoms with Crippen LogP contribution in [0.4, 0.5) is 0 Å². The van der Waals surface area contributed by atoms with Crippen molar-refractivity contribution in [2.24, 2.45) is 0 Å². The molecule has 0 aliphatic rings. The molecule has 0 spiro atoms. The number of aromatic nitrogens is 1. The van der Waals surface area contributed by atoms with Crippen molar-refractivity contribution >= 4 is 17.5 Å². The van der Waals surface area contributed by atoms with Crippen LogP contribution in [0.15, 0.2) is 18.2 Å². The lowest BCUT2D eigenvalue weighted by molar-refractivity contribution is 0.0473. The fourth-order valence-corrected chi connectivity index (χ4v) is 2.99. The van der Waals surface area contributed by atoms with Gasteiger partial charge in [0.25, 0.3) is 0 Å². The average Bonchev–Trinajstić information content (AvgIpc) is 2.93. The number of hydrogen-bond donors (Lipinski definition) is 1. The molecule has 0 fully saturated rings. The molecule has 0 amide bonds. The van der Waals surface area contributed by atoms with Crippen LogP contribution in [-0.2, 0) is 4.74 Å². The van der Waals surface area contributed by atoms with Gasteiger partial charge >= 0.3 is 5.97 Å². The number of esters is 1. The van der Waals surface area contributed by atoms with E-state index in [0.29, 0.717) is 28.3 Å². The minimum Gasteiger partial charge on any atom is -0.493 e. The lowest BCUT2D eigenvalue weighted by Crippen LogP contribution is -2.16. The van der Waals surface area contributed by atoms with Crippen molar-refractivity contribution in [3.63, 3.8) is 0 Å². The summed E-state index contributed by atoms with van der Waals surface area (Å²) in [6, 6.07) is 4.67. The third-order valence-corrected chi connectivity index (χ3v) is 4.16. The highest BCUT2D eigenvalue weighted by molar-refractivity contribution is 6.04. The first-order valence-corrected chi connectivity index (χ1v) is 8.90. The smallest absolute Gasteiger partial charge is 0.338 e. The number of hydrogen-bond acceptors (Lipinski definition) is 6. The van der Waals surface area contributed by atoms with Gasteiger partial charge < -0.3 is 19.2 Å². The molecular weight excluding hydrogens is 362 g/mol. The van der Waals surface area contributed by atoms with Gasteiger partial charge in [-0.15, -0.1) is 0 Å². The van der Waals surface area contributed by atoms with E-state index in [-0.39, 0.29) is 23.1 Å². The van der Waals surface area contributed by atoms with Gasteiger partial charge in [0.15, 0.2) is 23.9 Å². The number of benzene rings is 1. The van der Waals surface area contributed by atoms with Crippen LogP contribution in [0.25, 0.3) is 0 Å². The highest BCUT2D eigenvalue weighted by Gasteiger charge is 2.21. The second kappa shape index (κ2) is 8.73. The van der Waals surface area contributed by atoms with Crippen LogP contribution in [0.3, 0.4) is 0 Å². The standard InChI is InChI=1S/C21H25NO6/c1-11(2)28-17-8-7-15(9-18(17)26-6)21(25)27-10-16(24)20-12(3)19(14(5)23)13(4)22-20/h7-9,11,22H,10H2,1-6H3. The average molecular weight is 387 g/mol. The first-order chi connectivity index (χ1) is 13.1. The van der Waals surface area contributed by atoms with Crippen molar-refractivity contribution in [1.82, 2.24) is 4.98 Å².